The first-order chi connectivity index (χ1) is 13.9. The molecule has 5 rings (SSSR count). The lowest BCUT2D eigenvalue weighted by atomic mass is 10.0. The van der Waals surface area contributed by atoms with Crippen molar-refractivity contribution in [3.8, 4) is 0 Å². The van der Waals surface area contributed by atoms with Crippen LogP contribution >= 0.6 is 0 Å². The van der Waals surface area contributed by atoms with Gasteiger partial charge in [-0.15, -0.1) is 0 Å². The molecule has 2 saturated heterocycles. The summed E-state index contributed by atoms with van der Waals surface area (Å²) in [6.45, 7) is 8.83. The molecule has 7 nitrogen and oxygen atoms in total. The molecule has 3 heterocycles. The van der Waals surface area contributed by atoms with Crippen LogP contribution in [0.1, 0.15) is 33.5 Å². The number of aromatic nitrogens is 2. The Morgan fingerprint density at radius 2 is 1.86 bits per heavy atom. The number of nitrogens with one attached hydrogen (secondary N) is 2. The molecule has 2 aromatic rings. The maximum atomic E-state index is 13.2. The van der Waals surface area contributed by atoms with Gasteiger partial charge in [0.25, 0.3) is 5.91 Å². The van der Waals surface area contributed by atoms with Gasteiger partial charge in [0, 0.05) is 37.6 Å². The Morgan fingerprint density at radius 3 is 2.48 bits per heavy atom. The highest BCUT2D eigenvalue weighted by Crippen LogP contribution is 2.47. The van der Waals surface area contributed by atoms with Crippen molar-refractivity contribution < 1.29 is 9.59 Å². The number of piperidine rings is 1. The van der Waals surface area contributed by atoms with Crippen LogP contribution in [0.25, 0.3) is 0 Å². The fourth-order valence-electron chi connectivity index (χ4n) is 5.46. The van der Waals surface area contributed by atoms with Gasteiger partial charge < -0.3 is 10.2 Å². The molecule has 1 saturated carbocycles. The van der Waals surface area contributed by atoms with E-state index < -0.39 is 0 Å². The van der Waals surface area contributed by atoms with Crippen molar-refractivity contribution in [2.75, 3.05) is 24.5 Å². The number of amides is 2. The lowest BCUT2D eigenvalue weighted by molar-refractivity contribution is -0.121. The van der Waals surface area contributed by atoms with Crippen molar-refractivity contribution >= 4 is 17.5 Å². The number of anilines is 1. The van der Waals surface area contributed by atoms with Gasteiger partial charge in [0.1, 0.15) is 0 Å². The molecular formula is C22H27N5O2. The summed E-state index contributed by atoms with van der Waals surface area (Å²) < 4.78 is 0. The van der Waals surface area contributed by atoms with Crippen LogP contribution in [0.15, 0.2) is 24.5 Å². The maximum absolute atomic E-state index is 13.2. The van der Waals surface area contributed by atoms with Crippen LogP contribution in [0, 0.1) is 32.6 Å². The monoisotopic (exact) mass is 393 g/mol. The third-order valence-corrected chi connectivity index (χ3v) is 6.80. The molecule has 4 atom stereocenters. The summed E-state index contributed by atoms with van der Waals surface area (Å²) in [7, 11) is 0. The number of rotatable bonds is 4. The van der Waals surface area contributed by atoms with Crippen LogP contribution in [0.3, 0.4) is 0 Å². The van der Waals surface area contributed by atoms with E-state index in [4.69, 9.17) is 0 Å². The van der Waals surface area contributed by atoms with Crippen LogP contribution in [0.5, 0.6) is 0 Å². The van der Waals surface area contributed by atoms with E-state index in [0.717, 1.165) is 31.7 Å². The van der Waals surface area contributed by atoms with E-state index in [1.54, 1.807) is 12.4 Å². The van der Waals surface area contributed by atoms with Gasteiger partial charge in [-0.05, 0) is 50.2 Å². The first-order valence-electron chi connectivity index (χ1n) is 10.4. The average Bonchev–Trinajstić information content (AvgIpc) is 3.17. The molecular weight excluding hydrogens is 366 g/mol. The predicted octanol–water partition coefficient (Wildman–Crippen LogP) is 1.80. The summed E-state index contributed by atoms with van der Waals surface area (Å²) in [4.78, 5) is 29.8. The molecule has 2 unspecified atom stereocenters. The number of carbonyl (C=O) groups excluding carboxylic acids is 2. The van der Waals surface area contributed by atoms with Crippen molar-refractivity contribution in [1.82, 2.24) is 20.4 Å². The van der Waals surface area contributed by atoms with E-state index in [9.17, 15) is 9.59 Å². The highest BCUT2D eigenvalue weighted by atomic mass is 16.2. The predicted molar refractivity (Wildman–Crippen MR) is 110 cm³/mol. The minimum Gasteiger partial charge on any atom is -0.349 e. The van der Waals surface area contributed by atoms with Gasteiger partial charge >= 0.3 is 0 Å². The molecule has 1 aromatic carbocycles. The Labute approximate surface area is 170 Å². The molecule has 3 fully saturated rings. The summed E-state index contributed by atoms with van der Waals surface area (Å²) in [5.74, 6) is 1.06. The maximum Gasteiger partial charge on any atom is 0.254 e. The molecule has 152 valence electrons. The highest BCUT2D eigenvalue weighted by Gasteiger charge is 2.58. The van der Waals surface area contributed by atoms with Gasteiger partial charge in [-0.2, -0.15) is 5.10 Å². The van der Waals surface area contributed by atoms with E-state index >= 15 is 0 Å². The molecule has 7 heteroatoms. The number of nitrogens with zero attached hydrogens (tertiary/aromatic N) is 3. The van der Waals surface area contributed by atoms with E-state index in [0.29, 0.717) is 17.4 Å². The van der Waals surface area contributed by atoms with Crippen molar-refractivity contribution in [3.63, 3.8) is 0 Å². The van der Waals surface area contributed by atoms with Crippen LogP contribution in [-0.2, 0) is 4.79 Å². The second-order valence-electron chi connectivity index (χ2n) is 8.81. The minimum atomic E-state index is -0.0712. The van der Waals surface area contributed by atoms with Crippen molar-refractivity contribution in [3.05, 3.63) is 46.8 Å². The van der Waals surface area contributed by atoms with Crippen LogP contribution < -0.4 is 10.2 Å². The van der Waals surface area contributed by atoms with E-state index in [1.165, 1.54) is 16.7 Å². The number of likely N-dealkylation sites (tertiary alicyclic amines) is 1. The van der Waals surface area contributed by atoms with Crippen LogP contribution in [0.2, 0.25) is 0 Å². The second kappa shape index (κ2) is 6.69. The fraction of sp³-hybridized carbons (Fsp3) is 0.500. The Bertz CT molecular complexity index is 935. The Balaban J connectivity index is 1.22. The number of hydrogen-bond acceptors (Lipinski definition) is 4. The average molecular weight is 393 g/mol. The van der Waals surface area contributed by atoms with Gasteiger partial charge in [-0.1, -0.05) is 17.7 Å². The lowest BCUT2D eigenvalue weighted by Crippen LogP contribution is -2.44. The van der Waals surface area contributed by atoms with Gasteiger partial charge in [0.05, 0.1) is 17.8 Å². The number of H-pyrrole nitrogens is 1. The Kier molecular flexibility index (Phi) is 4.24. The van der Waals surface area contributed by atoms with Crippen molar-refractivity contribution in [1.29, 1.82) is 0 Å². The zero-order valence-electron chi connectivity index (χ0n) is 17.1. The smallest absolute Gasteiger partial charge is 0.254 e. The summed E-state index contributed by atoms with van der Waals surface area (Å²) in [6.07, 6.45) is 4.03. The molecule has 1 aliphatic carbocycles. The first kappa shape index (κ1) is 18.4. The van der Waals surface area contributed by atoms with Gasteiger partial charge in [0.15, 0.2) is 0 Å². The quantitative estimate of drug-likeness (QED) is 0.830. The van der Waals surface area contributed by atoms with Crippen molar-refractivity contribution in [2.45, 2.75) is 39.3 Å². The third-order valence-electron chi connectivity index (χ3n) is 6.80. The Morgan fingerprint density at radius 1 is 1.17 bits per heavy atom. The number of aromatic amines is 1. The topological polar surface area (TPSA) is 81.3 Å². The number of fused-ring (bicyclic) bond motifs is 1. The summed E-state index contributed by atoms with van der Waals surface area (Å²) in [5, 5.41) is 9.61. The number of benzene rings is 1. The molecule has 29 heavy (non-hydrogen) atoms. The van der Waals surface area contributed by atoms with E-state index in [1.807, 2.05) is 4.90 Å². The standard InChI is InChI=1S/C22H27N5O2/c1-12-6-13(2)20(14(3)7-12)27-5-4-18(22(27)29)26-10-16-17(11-26)19(16)25-21(28)15-8-23-24-9-15/h6-9,16-19H,4-5,10-11H2,1-3H3,(H,23,24)(H,25,28)/t16-,17+,18?,19?. The van der Waals surface area contributed by atoms with Gasteiger partial charge in [-0.25, -0.2) is 0 Å². The van der Waals surface area contributed by atoms with Crippen LogP contribution in [0.4, 0.5) is 5.69 Å². The molecule has 3 aliphatic rings. The molecule has 0 bridgehead atoms. The summed E-state index contributed by atoms with van der Waals surface area (Å²) >= 11 is 0. The van der Waals surface area contributed by atoms with Gasteiger partial charge in [0.2, 0.25) is 5.91 Å². The molecule has 1 aromatic heterocycles. The van der Waals surface area contributed by atoms with E-state index in [-0.39, 0.29) is 23.9 Å². The molecule has 2 aliphatic heterocycles. The largest absolute Gasteiger partial charge is 0.349 e. The zero-order valence-corrected chi connectivity index (χ0v) is 17.1. The number of carbonyl (C=O) groups is 2. The number of hydrogen-bond donors (Lipinski definition) is 2. The molecule has 0 spiro atoms. The first-order valence-corrected chi connectivity index (χ1v) is 10.4. The minimum absolute atomic E-state index is 0.0341. The zero-order chi connectivity index (χ0) is 20.3. The highest BCUT2D eigenvalue weighted by molar-refractivity contribution is 6.00. The molecule has 0 radical (unpaired) electrons. The SMILES string of the molecule is Cc1cc(C)c(N2CCC(N3C[C@@H]4C(NC(=O)c5cn[nH]c5)[C@@H]4C3)C2=O)c(C)c1. The molecule has 2 N–H and O–H groups in total. The summed E-state index contributed by atoms with van der Waals surface area (Å²) in [6, 6.07) is 4.50. The third kappa shape index (κ3) is 3.04. The van der Waals surface area contributed by atoms with Gasteiger partial charge in [-0.3, -0.25) is 19.6 Å². The summed E-state index contributed by atoms with van der Waals surface area (Å²) in [5.41, 5.74) is 5.22. The van der Waals surface area contributed by atoms with Crippen molar-refractivity contribution in [2.24, 2.45) is 11.8 Å². The van der Waals surface area contributed by atoms with E-state index in [2.05, 4.69) is 53.3 Å². The second-order valence-corrected chi connectivity index (χ2v) is 8.81. The Hall–Kier alpha value is -2.67. The normalized spacial score (nSPS) is 28.7. The fourth-order valence-corrected chi connectivity index (χ4v) is 5.46. The van der Waals surface area contributed by atoms with Crippen LogP contribution in [-0.4, -0.2) is 58.6 Å². The lowest BCUT2D eigenvalue weighted by Gasteiger charge is -2.27. The molecule has 2 amide bonds. The number of aryl methyl sites for hydroxylation is 3.